The van der Waals surface area contributed by atoms with Crippen molar-refractivity contribution in [2.75, 3.05) is 13.2 Å². The first kappa shape index (κ1) is 25.4. The first-order valence-corrected chi connectivity index (χ1v) is 11.3. The van der Waals surface area contributed by atoms with Crippen LogP contribution in [0.15, 0.2) is 72.9 Å². The van der Waals surface area contributed by atoms with E-state index in [1.54, 1.807) is 20.8 Å². The first-order chi connectivity index (χ1) is 16.7. The summed E-state index contributed by atoms with van der Waals surface area (Å²) in [7, 11) is 0. The maximum absolute atomic E-state index is 13.0. The lowest BCUT2D eigenvalue weighted by Crippen LogP contribution is -2.40. The van der Waals surface area contributed by atoms with Gasteiger partial charge in [-0.3, -0.25) is 14.4 Å². The van der Waals surface area contributed by atoms with Crippen LogP contribution >= 0.6 is 0 Å². The average molecular weight is 476 g/mol. The van der Waals surface area contributed by atoms with E-state index in [0.29, 0.717) is 0 Å². The van der Waals surface area contributed by atoms with Crippen molar-refractivity contribution < 1.29 is 24.2 Å². The van der Waals surface area contributed by atoms with Crippen LogP contribution in [0.3, 0.4) is 0 Å². The van der Waals surface area contributed by atoms with Crippen molar-refractivity contribution in [3.8, 4) is 5.75 Å². The average Bonchev–Trinajstić information content (AvgIpc) is 2.86. The molecule has 0 atom stereocenters. The number of aromatic hydroxyl groups is 1. The molecule has 0 aliphatic rings. The minimum Gasteiger partial charge on any atom is -0.507 e. The predicted octanol–water partition coefficient (Wildman–Crippen LogP) is 3.63. The summed E-state index contributed by atoms with van der Waals surface area (Å²) >= 11 is 0. The van der Waals surface area contributed by atoms with E-state index in [4.69, 9.17) is 4.74 Å². The molecule has 0 saturated heterocycles. The summed E-state index contributed by atoms with van der Waals surface area (Å²) in [4.78, 5) is 41.6. The maximum atomic E-state index is 13.0. The molecule has 2 aromatic carbocycles. The first-order valence-electron chi connectivity index (χ1n) is 11.3. The van der Waals surface area contributed by atoms with E-state index in [9.17, 15) is 19.5 Å². The van der Waals surface area contributed by atoms with Gasteiger partial charge < -0.3 is 20.5 Å². The third-order valence-corrected chi connectivity index (χ3v) is 5.42. The lowest BCUT2D eigenvalue weighted by Gasteiger charge is -2.22. The zero-order valence-electron chi connectivity index (χ0n) is 19.9. The molecule has 3 aromatic rings. The second kappa shape index (κ2) is 11.3. The Morgan fingerprint density at radius 3 is 2.06 bits per heavy atom. The molecule has 0 saturated carbocycles. The molecule has 8 nitrogen and oxygen atoms in total. The Balaban J connectivity index is 1.74. The largest absolute Gasteiger partial charge is 0.507 e. The van der Waals surface area contributed by atoms with Gasteiger partial charge in [0.15, 0.2) is 0 Å². The summed E-state index contributed by atoms with van der Waals surface area (Å²) in [5.41, 5.74) is 0.670. The van der Waals surface area contributed by atoms with E-state index in [2.05, 4.69) is 15.6 Å². The van der Waals surface area contributed by atoms with Crippen LogP contribution in [0.4, 0.5) is 0 Å². The van der Waals surface area contributed by atoms with E-state index in [-0.39, 0.29) is 30.2 Å². The highest BCUT2D eigenvalue weighted by Gasteiger charge is 2.30. The van der Waals surface area contributed by atoms with E-state index < -0.39 is 29.2 Å². The molecule has 0 radical (unpaired) electrons. The molecule has 35 heavy (non-hydrogen) atoms. The molecule has 8 heteroatoms. The van der Waals surface area contributed by atoms with E-state index in [0.717, 1.165) is 23.4 Å². The molecule has 0 aliphatic carbocycles. The molecule has 1 aromatic heterocycles. The van der Waals surface area contributed by atoms with Crippen molar-refractivity contribution in [2.24, 2.45) is 5.41 Å². The molecule has 3 rings (SSSR count). The molecule has 0 fully saturated rings. The Kier molecular flexibility index (Phi) is 8.20. The van der Waals surface area contributed by atoms with Crippen LogP contribution in [0.25, 0.3) is 0 Å². The standard InChI is InChI=1S/C27H29N3O5/c1-4-35-26(34)27(2,3)17-29-25(33)21-15-22(31)20(16-28-21)24(32)30-23(18-11-7-5-8-12-18)19-13-9-6-10-14-19/h5-16,23H,4,17H2,1-3H3,(H,28,31)(H,29,33)(H,30,32). The van der Waals surface area contributed by atoms with E-state index in [1.165, 1.54) is 0 Å². The topological polar surface area (TPSA) is 118 Å². The van der Waals surface area contributed by atoms with Crippen molar-refractivity contribution in [2.45, 2.75) is 26.8 Å². The highest BCUT2D eigenvalue weighted by atomic mass is 16.5. The third kappa shape index (κ3) is 6.44. The Labute approximate surface area is 204 Å². The van der Waals surface area contributed by atoms with Gasteiger partial charge in [-0.15, -0.1) is 0 Å². The Hall–Kier alpha value is -4.20. The number of rotatable bonds is 9. The zero-order valence-corrected chi connectivity index (χ0v) is 19.9. The Morgan fingerprint density at radius 2 is 1.54 bits per heavy atom. The van der Waals surface area contributed by atoms with Crippen molar-refractivity contribution in [1.29, 1.82) is 0 Å². The molecule has 182 valence electrons. The van der Waals surface area contributed by atoms with Gasteiger partial charge in [-0.1, -0.05) is 60.7 Å². The fourth-order valence-electron chi connectivity index (χ4n) is 3.39. The van der Waals surface area contributed by atoms with Crippen LogP contribution in [0, 0.1) is 5.41 Å². The monoisotopic (exact) mass is 475 g/mol. The van der Waals surface area contributed by atoms with Crippen molar-refractivity contribution in [3.05, 3.63) is 95.3 Å². The smallest absolute Gasteiger partial charge is 0.313 e. The Morgan fingerprint density at radius 1 is 0.971 bits per heavy atom. The number of esters is 1. The zero-order chi connectivity index (χ0) is 25.4. The number of ether oxygens (including phenoxy) is 1. The second-order valence-electron chi connectivity index (χ2n) is 8.60. The fraction of sp³-hybridized carbons (Fsp3) is 0.259. The minimum atomic E-state index is -0.933. The van der Waals surface area contributed by atoms with E-state index in [1.807, 2.05) is 60.7 Å². The predicted molar refractivity (Wildman–Crippen MR) is 131 cm³/mol. The van der Waals surface area contributed by atoms with Crippen molar-refractivity contribution in [1.82, 2.24) is 15.6 Å². The van der Waals surface area contributed by atoms with Gasteiger partial charge in [0.1, 0.15) is 11.4 Å². The number of benzene rings is 2. The highest BCUT2D eigenvalue weighted by Crippen LogP contribution is 2.24. The van der Waals surface area contributed by atoms with Gasteiger partial charge >= 0.3 is 5.97 Å². The molecule has 3 N–H and O–H groups in total. The van der Waals surface area contributed by atoms with Crippen molar-refractivity contribution in [3.63, 3.8) is 0 Å². The van der Waals surface area contributed by atoms with Crippen LogP contribution in [-0.2, 0) is 9.53 Å². The fourth-order valence-corrected chi connectivity index (χ4v) is 3.39. The number of hydrogen-bond donors (Lipinski definition) is 3. The van der Waals surface area contributed by atoms with Crippen LogP contribution in [0.5, 0.6) is 5.75 Å². The van der Waals surface area contributed by atoms with Gasteiger partial charge in [-0.2, -0.15) is 0 Å². The Bertz CT molecular complexity index is 1140. The summed E-state index contributed by atoms with van der Waals surface area (Å²) in [6.07, 6.45) is 1.16. The molecule has 0 unspecified atom stereocenters. The van der Waals surface area contributed by atoms with Gasteiger partial charge in [0.25, 0.3) is 11.8 Å². The van der Waals surface area contributed by atoms with E-state index >= 15 is 0 Å². The van der Waals surface area contributed by atoms with Crippen LogP contribution < -0.4 is 10.6 Å². The normalized spacial score (nSPS) is 11.1. The van der Waals surface area contributed by atoms with Gasteiger partial charge in [-0.25, -0.2) is 4.98 Å². The minimum absolute atomic E-state index is 0.0190. The third-order valence-electron chi connectivity index (χ3n) is 5.42. The lowest BCUT2D eigenvalue weighted by atomic mass is 9.93. The molecule has 2 amide bonds. The molecule has 0 bridgehead atoms. The van der Waals surface area contributed by atoms with Gasteiger partial charge in [0, 0.05) is 18.8 Å². The summed E-state index contributed by atoms with van der Waals surface area (Å²) in [5, 5.41) is 16.0. The summed E-state index contributed by atoms with van der Waals surface area (Å²) < 4.78 is 5.01. The molecular weight excluding hydrogens is 446 g/mol. The number of hydrogen-bond acceptors (Lipinski definition) is 6. The van der Waals surface area contributed by atoms with Crippen LogP contribution in [-0.4, -0.2) is 41.0 Å². The van der Waals surface area contributed by atoms with Crippen molar-refractivity contribution >= 4 is 17.8 Å². The summed E-state index contributed by atoms with van der Waals surface area (Å²) in [6.45, 7) is 5.27. The number of pyridine rings is 1. The second-order valence-corrected chi connectivity index (χ2v) is 8.60. The molecular formula is C27H29N3O5. The van der Waals surface area contributed by atoms with Gasteiger partial charge in [0.2, 0.25) is 0 Å². The number of carbonyl (C=O) groups is 3. The van der Waals surface area contributed by atoms with Crippen LogP contribution in [0.2, 0.25) is 0 Å². The SMILES string of the molecule is CCOC(=O)C(C)(C)CNC(=O)c1cc(O)c(C(=O)NC(c2ccccc2)c2ccccc2)cn1. The van der Waals surface area contributed by atoms with Gasteiger partial charge in [0.05, 0.1) is 23.6 Å². The number of amides is 2. The maximum Gasteiger partial charge on any atom is 0.313 e. The highest BCUT2D eigenvalue weighted by molar-refractivity contribution is 5.99. The molecule has 0 spiro atoms. The number of nitrogens with zero attached hydrogens (tertiary/aromatic N) is 1. The lowest BCUT2D eigenvalue weighted by molar-refractivity contribution is -0.153. The molecule has 1 heterocycles. The number of aromatic nitrogens is 1. The summed E-state index contributed by atoms with van der Waals surface area (Å²) in [6, 6.07) is 19.6. The van der Waals surface area contributed by atoms with Gasteiger partial charge in [-0.05, 0) is 31.9 Å². The number of nitrogens with one attached hydrogen (secondary N) is 2. The summed E-state index contributed by atoms with van der Waals surface area (Å²) in [5.74, 6) is -1.94. The van der Waals surface area contributed by atoms with Crippen LogP contribution in [0.1, 0.15) is 58.8 Å². The quantitative estimate of drug-likeness (QED) is 0.407. The molecule has 0 aliphatic heterocycles. The number of carbonyl (C=O) groups excluding carboxylic acids is 3.